The molecule has 0 amide bonds. The van der Waals surface area contributed by atoms with E-state index in [1.165, 1.54) is 11.3 Å². The van der Waals surface area contributed by atoms with Gasteiger partial charge in [0.05, 0.1) is 12.8 Å². The number of furan rings is 1. The van der Waals surface area contributed by atoms with Crippen molar-refractivity contribution >= 4 is 11.4 Å². The number of aliphatic hydroxyl groups is 1. The van der Waals surface area contributed by atoms with Crippen molar-refractivity contribution in [1.82, 2.24) is 0 Å². The Bertz CT molecular complexity index is 1340. The van der Waals surface area contributed by atoms with Crippen molar-refractivity contribution in [3.05, 3.63) is 96.8 Å². The van der Waals surface area contributed by atoms with Gasteiger partial charge >= 0.3 is 6.18 Å². The monoisotopic (exact) mass is 536 g/mol. The molecule has 4 aromatic rings. The Kier molecular flexibility index (Phi) is 8.12. The van der Waals surface area contributed by atoms with E-state index < -0.39 is 18.8 Å². The molecule has 204 valence electrons. The molecule has 39 heavy (non-hydrogen) atoms. The minimum atomic E-state index is -4.74. The molecule has 1 atom stereocenters. The second-order valence-corrected chi connectivity index (χ2v) is 9.73. The summed E-state index contributed by atoms with van der Waals surface area (Å²) in [6, 6.07) is 25.7. The van der Waals surface area contributed by atoms with Crippen LogP contribution in [0.1, 0.15) is 24.8 Å². The third-order valence-corrected chi connectivity index (χ3v) is 6.85. The molecule has 1 fully saturated rings. The van der Waals surface area contributed by atoms with Crippen LogP contribution >= 0.6 is 0 Å². The fourth-order valence-corrected chi connectivity index (χ4v) is 4.88. The van der Waals surface area contributed by atoms with Crippen LogP contribution in [0.4, 0.5) is 24.5 Å². The van der Waals surface area contributed by atoms with E-state index in [0.717, 1.165) is 42.7 Å². The van der Waals surface area contributed by atoms with E-state index in [-0.39, 0.29) is 6.54 Å². The summed E-state index contributed by atoms with van der Waals surface area (Å²) in [6.45, 7) is 1.43. The molecule has 1 N–H and O–H groups in total. The normalized spacial score (nSPS) is 14.7. The smallest absolute Gasteiger partial charge is 0.416 e. The number of nitrogens with zero attached hydrogens (tertiary/aromatic N) is 2. The van der Waals surface area contributed by atoms with Gasteiger partial charge in [0.15, 0.2) is 6.10 Å². The molecule has 0 spiro atoms. The van der Waals surface area contributed by atoms with Gasteiger partial charge in [-0.15, -0.1) is 0 Å². The van der Waals surface area contributed by atoms with Gasteiger partial charge in [-0.05, 0) is 73.4 Å². The summed E-state index contributed by atoms with van der Waals surface area (Å²) in [5.74, 6) is 1.81. The highest BCUT2D eigenvalue weighted by atomic mass is 19.4. The molecule has 5 nitrogen and oxygen atoms in total. The number of alkyl halides is 3. The van der Waals surface area contributed by atoms with Crippen molar-refractivity contribution in [2.24, 2.45) is 0 Å². The molecule has 1 unspecified atom stereocenters. The maximum atomic E-state index is 13.4. The van der Waals surface area contributed by atoms with Gasteiger partial charge in [0.25, 0.3) is 0 Å². The Labute approximate surface area is 226 Å². The molecule has 2 heterocycles. The van der Waals surface area contributed by atoms with E-state index in [1.807, 2.05) is 48.5 Å². The van der Waals surface area contributed by atoms with Gasteiger partial charge in [-0.1, -0.05) is 30.3 Å². The van der Waals surface area contributed by atoms with Gasteiger partial charge in [0, 0.05) is 42.6 Å². The van der Waals surface area contributed by atoms with Crippen LogP contribution in [-0.2, 0) is 6.54 Å². The molecule has 0 radical (unpaired) electrons. The Morgan fingerprint density at radius 2 is 1.64 bits per heavy atom. The summed E-state index contributed by atoms with van der Waals surface area (Å²) in [7, 11) is 0. The van der Waals surface area contributed by atoms with E-state index in [9.17, 15) is 18.3 Å². The Balaban J connectivity index is 1.46. The third kappa shape index (κ3) is 6.75. The molecule has 1 aromatic heterocycles. The van der Waals surface area contributed by atoms with Crippen LogP contribution in [0.25, 0.3) is 11.3 Å². The van der Waals surface area contributed by atoms with Gasteiger partial charge in [-0.25, -0.2) is 0 Å². The summed E-state index contributed by atoms with van der Waals surface area (Å²) >= 11 is 0. The van der Waals surface area contributed by atoms with Crippen LogP contribution in [0.15, 0.2) is 95.6 Å². The summed E-state index contributed by atoms with van der Waals surface area (Å²) in [6.07, 6.45) is -2.20. The lowest BCUT2D eigenvalue weighted by Gasteiger charge is -2.31. The molecule has 1 aliphatic rings. The second kappa shape index (κ2) is 11.9. The highest BCUT2D eigenvalue weighted by molar-refractivity contribution is 5.76. The molecule has 3 aromatic carbocycles. The van der Waals surface area contributed by atoms with Crippen LogP contribution in [0.2, 0.25) is 0 Å². The first kappa shape index (κ1) is 26.7. The number of hydrogen-bond acceptors (Lipinski definition) is 5. The fraction of sp³-hybridized carbons (Fsp3) is 0.290. The number of rotatable bonds is 9. The number of anilines is 2. The molecule has 1 saturated heterocycles. The Hall–Kier alpha value is -3.91. The van der Waals surface area contributed by atoms with E-state index in [0.29, 0.717) is 22.9 Å². The highest BCUT2D eigenvalue weighted by Gasteiger charge is 2.39. The van der Waals surface area contributed by atoms with E-state index in [4.69, 9.17) is 9.15 Å². The first-order valence-electron chi connectivity index (χ1n) is 13.1. The molecule has 0 aliphatic carbocycles. The van der Waals surface area contributed by atoms with E-state index >= 15 is 0 Å². The first-order chi connectivity index (χ1) is 18.9. The summed E-state index contributed by atoms with van der Waals surface area (Å²) in [5.41, 5.74) is 3.25. The summed E-state index contributed by atoms with van der Waals surface area (Å²) in [4.78, 5) is 3.86. The topological polar surface area (TPSA) is 49.1 Å². The van der Waals surface area contributed by atoms with Crippen LogP contribution in [-0.4, -0.2) is 37.0 Å². The van der Waals surface area contributed by atoms with Gasteiger partial charge in [0.2, 0.25) is 0 Å². The van der Waals surface area contributed by atoms with Crippen LogP contribution in [0.5, 0.6) is 11.5 Å². The van der Waals surface area contributed by atoms with Crippen molar-refractivity contribution in [2.75, 3.05) is 29.4 Å². The minimum Gasteiger partial charge on any atom is -0.464 e. The Morgan fingerprint density at radius 1 is 0.872 bits per heavy atom. The van der Waals surface area contributed by atoms with Crippen molar-refractivity contribution in [1.29, 1.82) is 0 Å². The number of benzene rings is 3. The molecule has 0 bridgehead atoms. The number of piperidine rings is 1. The van der Waals surface area contributed by atoms with Crippen LogP contribution in [0.3, 0.4) is 0 Å². The average Bonchev–Trinajstić information content (AvgIpc) is 3.48. The largest absolute Gasteiger partial charge is 0.464 e. The lowest BCUT2D eigenvalue weighted by Crippen LogP contribution is -2.40. The van der Waals surface area contributed by atoms with Crippen LogP contribution < -0.4 is 14.5 Å². The van der Waals surface area contributed by atoms with Gasteiger partial charge in [0.1, 0.15) is 17.3 Å². The van der Waals surface area contributed by atoms with Crippen LogP contribution in [0, 0.1) is 0 Å². The average molecular weight is 537 g/mol. The summed E-state index contributed by atoms with van der Waals surface area (Å²) in [5, 5.41) is 10.00. The van der Waals surface area contributed by atoms with Crippen molar-refractivity contribution in [3.63, 3.8) is 0 Å². The molecular formula is C31H31F3N2O3. The van der Waals surface area contributed by atoms with E-state index in [1.54, 1.807) is 42.7 Å². The van der Waals surface area contributed by atoms with Crippen molar-refractivity contribution < 1.29 is 27.4 Å². The van der Waals surface area contributed by atoms with E-state index in [2.05, 4.69) is 4.90 Å². The lowest BCUT2D eigenvalue weighted by atomic mass is 10.0. The van der Waals surface area contributed by atoms with Gasteiger partial charge < -0.3 is 24.1 Å². The molecule has 1 aliphatic heterocycles. The first-order valence-corrected chi connectivity index (χ1v) is 13.1. The standard InChI is InChI=1S/C31H31F3N2O3/c32-31(33,34)30(37)22-36(24-9-7-12-26(20-24)39-25-10-3-1-4-11-25)21-23-14-15-28(35-16-5-2-6-17-35)27(19-23)29-13-8-18-38-29/h1,3-4,7-15,18-20,30,37H,2,5-6,16-17,21-22H2. The zero-order valence-corrected chi connectivity index (χ0v) is 21.5. The lowest BCUT2D eigenvalue weighted by molar-refractivity contribution is -0.200. The molecule has 8 heteroatoms. The third-order valence-electron chi connectivity index (χ3n) is 6.85. The van der Waals surface area contributed by atoms with Crippen molar-refractivity contribution in [3.8, 4) is 22.8 Å². The number of para-hydroxylation sites is 1. The Morgan fingerprint density at radius 3 is 2.36 bits per heavy atom. The predicted molar refractivity (Wildman–Crippen MR) is 146 cm³/mol. The quantitative estimate of drug-likeness (QED) is 0.238. The van der Waals surface area contributed by atoms with Gasteiger partial charge in [-0.3, -0.25) is 0 Å². The maximum absolute atomic E-state index is 13.4. The zero-order chi connectivity index (χ0) is 27.2. The number of aliphatic hydroxyl groups excluding tert-OH is 1. The minimum absolute atomic E-state index is 0.149. The molecule has 0 saturated carbocycles. The number of halogens is 3. The number of hydrogen-bond donors (Lipinski definition) is 1. The SMILES string of the molecule is OC(CN(Cc1ccc(N2CCCCC2)c(-c2ccco2)c1)c1cccc(Oc2ccccc2)c1)C(F)(F)F. The summed E-state index contributed by atoms with van der Waals surface area (Å²) < 4.78 is 51.9. The highest BCUT2D eigenvalue weighted by Crippen LogP contribution is 2.35. The maximum Gasteiger partial charge on any atom is 0.416 e. The second-order valence-electron chi connectivity index (χ2n) is 9.73. The molecular weight excluding hydrogens is 505 g/mol. The fourth-order valence-electron chi connectivity index (χ4n) is 4.88. The van der Waals surface area contributed by atoms with Gasteiger partial charge in [-0.2, -0.15) is 13.2 Å². The number of ether oxygens (including phenoxy) is 1. The molecule has 5 rings (SSSR count). The predicted octanol–water partition coefficient (Wildman–Crippen LogP) is 7.66. The van der Waals surface area contributed by atoms with Crippen molar-refractivity contribution in [2.45, 2.75) is 38.1 Å². The zero-order valence-electron chi connectivity index (χ0n) is 21.5.